The van der Waals surface area contributed by atoms with Gasteiger partial charge in [-0.15, -0.1) is 13.2 Å². The number of unbranched alkanes of at least 4 members (excludes halogenated alkanes) is 1. The Hall–Kier alpha value is -2.89. The third-order valence-corrected chi connectivity index (χ3v) is 9.16. The van der Waals surface area contributed by atoms with Crippen LogP contribution in [-0.4, -0.2) is 6.36 Å². The zero-order chi connectivity index (χ0) is 29.0. The van der Waals surface area contributed by atoms with E-state index in [1.807, 2.05) is 0 Å². The summed E-state index contributed by atoms with van der Waals surface area (Å²) in [5.74, 6) is -0.618. The van der Waals surface area contributed by atoms with Crippen LogP contribution < -0.4 is 4.74 Å². The molecule has 1 unspecified atom stereocenters. The van der Waals surface area contributed by atoms with Crippen LogP contribution in [0.15, 0.2) is 54.6 Å². The number of fused-ring (bicyclic) bond motifs is 1. The van der Waals surface area contributed by atoms with Gasteiger partial charge in [0.05, 0.1) is 0 Å². The van der Waals surface area contributed by atoms with E-state index in [9.17, 15) is 13.2 Å². The number of hydrogen-bond acceptors (Lipinski definition) is 1. The van der Waals surface area contributed by atoms with Crippen molar-refractivity contribution in [2.75, 3.05) is 0 Å². The fraction of sp³-hybridized carbons (Fsp3) is 0.486. The van der Waals surface area contributed by atoms with Gasteiger partial charge in [0.15, 0.2) is 0 Å². The van der Waals surface area contributed by atoms with E-state index in [1.165, 1.54) is 36.1 Å². The average molecular weight is 571 g/mol. The Balaban J connectivity index is 1.17. The van der Waals surface area contributed by atoms with Crippen LogP contribution in [-0.2, 0) is 25.7 Å². The van der Waals surface area contributed by atoms with E-state index in [0.717, 1.165) is 56.1 Å². The van der Waals surface area contributed by atoms with Crippen LogP contribution in [0.1, 0.15) is 104 Å². The van der Waals surface area contributed by atoms with Gasteiger partial charge < -0.3 is 4.74 Å². The van der Waals surface area contributed by atoms with E-state index in [-0.39, 0.29) is 29.0 Å². The van der Waals surface area contributed by atoms with Gasteiger partial charge in [-0.1, -0.05) is 49.7 Å². The van der Waals surface area contributed by atoms with E-state index in [2.05, 4.69) is 35.9 Å². The molecule has 41 heavy (non-hydrogen) atoms. The lowest BCUT2D eigenvalue weighted by molar-refractivity contribution is -0.274. The molecule has 2 aliphatic carbocycles. The molecule has 0 N–H and O–H groups in total. The van der Waals surface area contributed by atoms with Crippen LogP contribution in [0, 0.1) is 17.6 Å². The summed E-state index contributed by atoms with van der Waals surface area (Å²) in [6.45, 7) is 2.20. The van der Waals surface area contributed by atoms with Gasteiger partial charge in [0.2, 0.25) is 0 Å². The third-order valence-electron chi connectivity index (χ3n) is 9.16. The van der Waals surface area contributed by atoms with Crippen LogP contribution in [0.25, 0.3) is 0 Å². The van der Waals surface area contributed by atoms with Crippen LogP contribution in [0.4, 0.5) is 22.0 Å². The summed E-state index contributed by atoms with van der Waals surface area (Å²) >= 11 is 0. The molecular weight excluding hydrogens is 531 g/mol. The van der Waals surface area contributed by atoms with Gasteiger partial charge in [-0.25, -0.2) is 8.78 Å². The van der Waals surface area contributed by atoms with Crippen molar-refractivity contribution in [3.05, 3.63) is 99.6 Å². The largest absolute Gasteiger partial charge is 0.573 e. The number of ether oxygens (including phenoxy) is 1. The fourth-order valence-corrected chi connectivity index (χ4v) is 6.84. The minimum Gasteiger partial charge on any atom is -0.406 e. The van der Waals surface area contributed by atoms with E-state index in [4.69, 9.17) is 0 Å². The molecule has 2 aliphatic rings. The Morgan fingerprint density at radius 3 is 2.07 bits per heavy atom. The second-order valence-corrected chi connectivity index (χ2v) is 12.0. The van der Waals surface area contributed by atoms with Crippen LogP contribution in [0.2, 0.25) is 0 Å². The molecule has 3 aromatic carbocycles. The first-order valence-corrected chi connectivity index (χ1v) is 15.1. The lowest BCUT2D eigenvalue weighted by Gasteiger charge is -2.32. The monoisotopic (exact) mass is 570 g/mol. The highest BCUT2D eigenvalue weighted by Crippen LogP contribution is 2.44. The standard InChI is InChI=1S/C35H39F5O/c1-2-3-4-23-5-7-24(8-6-23)9-10-25-11-20-31-29(21-25)22-32(36)33(34(31)37)28-14-12-26(13-15-28)27-16-18-30(19-17-27)41-35(38,39)40/h5-8,16-19,22,25-26,28H,2-4,9-15,20-21H2,1H3. The normalized spacial score (nSPS) is 21.0. The van der Waals surface area contributed by atoms with Gasteiger partial charge in [0.1, 0.15) is 17.4 Å². The topological polar surface area (TPSA) is 9.23 Å². The minimum absolute atomic E-state index is 0.156. The van der Waals surface area contributed by atoms with Crippen molar-refractivity contribution in [1.82, 2.24) is 0 Å². The van der Waals surface area contributed by atoms with Gasteiger partial charge in [-0.05, 0) is 134 Å². The van der Waals surface area contributed by atoms with E-state index in [0.29, 0.717) is 30.7 Å². The van der Waals surface area contributed by atoms with Gasteiger partial charge in [0, 0.05) is 5.56 Å². The molecule has 0 saturated heterocycles. The van der Waals surface area contributed by atoms with Crippen molar-refractivity contribution in [3.8, 4) is 5.75 Å². The number of benzene rings is 3. The number of alkyl halides is 3. The molecule has 1 atom stereocenters. The second-order valence-electron chi connectivity index (χ2n) is 12.0. The Morgan fingerprint density at radius 2 is 1.44 bits per heavy atom. The summed E-state index contributed by atoms with van der Waals surface area (Å²) in [6, 6.07) is 16.5. The molecule has 5 rings (SSSR count). The first kappa shape index (κ1) is 29.6. The summed E-state index contributed by atoms with van der Waals surface area (Å²) in [4.78, 5) is 0. The molecule has 220 valence electrons. The van der Waals surface area contributed by atoms with Crippen LogP contribution in [0.3, 0.4) is 0 Å². The summed E-state index contributed by atoms with van der Waals surface area (Å²) in [6.07, 6.45) is 5.88. The zero-order valence-electron chi connectivity index (χ0n) is 23.7. The maximum absolute atomic E-state index is 15.8. The molecule has 0 aromatic heterocycles. The predicted octanol–water partition coefficient (Wildman–Crippen LogP) is 10.4. The SMILES string of the molecule is CCCCc1ccc(CCC2CCc3c(cc(F)c(C4CCC(c5ccc(OC(F)(F)F)cc5)CC4)c3F)C2)cc1. The Bertz CT molecular complexity index is 1290. The predicted molar refractivity (Wildman–Crippen MR) is 152 cm³/mol. The summed E-state index contributed by atoms with van der Waals surface area (Å²) in [5.41, 5.74) is 5.39. The lowest BCUT2D eigenvalue weighted by atomic mass is 9.74. The molecule has 1 saturated carbocycles. The maximum atomic E-state index is 15.8. The van der Waals surface area contributed by atoms with Crippen LogP contribution in [0.5, 0.6) is 5.75 Å². The molecule has 0 amide bonds. The molecule has 0 aliphatic heterocycles. The van der Waals surface area contributed by atoms with Gasteiger partial charge in [0.25, 0.3) is 0 Å². The number of rotatable bonds is 9. The van der Waals surface area contributed by atoms with Crippen molar-refractivity contribution in [1.29, 1.82) is 0 Å². The first-order valence-electron chi connectivity index (χ1n) is 15.1. The number of hydrogen-bond donors (Lipinski definition) is 0. The molecule has 0 bridgehead atoms. The summed E-state index contributed by atoms with van der Waals surface area (Å²) in [5, 5.41) is 0. The molecule has 1 fully saturated rings. The van der Waals surface area contributed by atoms with Crippen molar-refractivity contribution >= 4 is 0 Å². The molecular formula is C35H39F5O. The van der Waals surface area contributed by atoms with Crippen molar-refractivity contribution in [2.45, 2.75) is 102 Å². The molecule has 0 spiro atoms. The molecule has 0 radical (unpaired) electrons. The zero-order valence-corrected chi connectivity index (χ0v) is 23.7. The molecule has 1 nitrogen and oxygen atoms in total. The van der Waals surface area contributed by atoms with Crippen LogP contribution >= 0.6 is 0 Å². The fourth-order valence-electron chi connectivity index (χ4n) is 6.84. The van der Waals surface area contributed by atoms with E-state index >= 15 is 8.78 Å². The third kappa shape index (κ3) is 7.50. The minimum atomic E-state index is -4.72. The van der Waals surface area contributed by atoms with Gasteiger partial charge >= 0.3 is 6.36 Å². The highest BCUT2D eigenvalue weighted by molar-refractivity contribution is 5.39. The second kappa shape index (κ2) is 13.0. The van der Waals surface area contributed by atoms with Gasteiger partial charge in [-0.2, -0.15) is 0 Å². The quantitative estimate of drug-likeness (QED) is 0.233. The van der Waals surface area contributed by atoms with Gasteiger partial charge in [-0.3, -0.25) is 0 Å². The van der Waals surface area contributed by atoms with Crippen molar-refractivity contribution in [2.24, 2.45) is 5.92 Å². The maximum Gasteiger partial charge on any atom is 0.573 e. The summed E-state index contributed by atoms with van der Waals surface area (Å²) < 4.78 is 72.4. The first-order chi connectivity index (χ1) is 19.7. The lowest BCUT2D eigenvalue weighted by Crippen LogP contribution is -2.20. The highest BCUT2D eigenvalue weighted by atomic mass is 19.4. The Kier molecular flexibility index (Phi) is 9.35. The molecule has 3 aromatic rings. The Morgan fingerprint density at radius 1 is 0.805 bits per heavy atom. The van der Waals surface area contributed by atoms with E-state index in [1.54, 1.807) is 18.2 Å². The number of aryl methyl sites for hydroxylation is 2. The van der Waals surface area contributed by atoms with E-state index < -0.39 is 12.2 Å². The molecule has 0 heterocycles. The van der Waals surface area contributed by atoms with Crippen molar-refractivity contribution in [3.63, 3.8) is 0 Å². The Labute approximate surface area is 240 Å². The molecule has 6 heteroatoms. The summed E-state index contributed by atoms with van der Waals surface area (Å²) in [7, 11) is 0. The smallest absolute Gasteiger partial charge is 0.406 e. The number of halogens is 5. The van der Waals surface area contributed by atoms with Crippen molar-refractivity contribution < 1.29 is 26.7 Å². The highest BCUT2D eigenvalue weighted by Gasteiger charge is 2.33. The average Bonchev–Trinajstić information content (AvgIpc) is 2.95.